The summed E-state index contributed by atoms with van der Waals surface area (Å²) in [5, 5.41) is 28.3. The van der Waals surface area contributed by atoms with E-state index in [2.05, 4.69) is 52.3 Å². The molecule has 176 valence electrons. The van der Waals surface area contributed by atoms with E-state index in [1.54, 1.807) is 36.7 Å². The van der Waals surface area contributed by atoms with Gasteiger partial charge in [-0.25, -0.2) is 0 Å². The van der Waals surface area contributed by atoms with Crippen LogP contribution in [0.25, 0.3) is 0 Å². The zero-order valence-corrected chi connectivity index (χ0v) is 21.3. The fourth-order valence-corrected chi connectivity index (χ4v) is 2.00. The molecule has 2 heterocycles. The summed E-state index contributed by atoms with van der Waals surface area (Å²) in [5.41, 5.74) is 1.51. The maximum Gasteiger partial charge on any atom is 0.142 e. The number of carbonyl (C=O) groups is 1. The summed E-state index contributed by atoms with van der Waals surface area (Å²) in [6, 6.07) is 6.79. The fourth-order valence-electron chi connectivity index (χ4n) is 2.00. The highest BCUT2D eigenvalue weighted by Gasteiger charge is 2.13. The summed E-state index contributed by atoms with van der Waals surface area (Å²) in [5.74, 6) is 0.566. The Bertz CT molecular complexity index is 732. The van der Waals surface area contributed by atoms with Crippen molar-refractivity contribution in [2.24, 2.45) is 0 Å². The summed E-state index contributed by atoms with van der Waals surface area (Å²) in [7, 11) is 15.2. The molecule has 2 aromatic rings. The van der Waals surface area contributed by atoms with E-state index < -0.39 is 6.09 Å². The first-order valence-electron chi connectivity index (χ1n) is 9.37. The Hall–Kier alpha value is -2.43. The molecule has 31 heavy (non-hydrogen) atoms. The Kier molecular flexibility index (Phi) is 13.7. The number of nitrogens with zero attached hydrogens (tertiary/aromatic N) is 5. The first-order valence-corrected chi connectivity index (χ1v) is 9.37. The van der Waals surface area contributed by atoms with Crippen LogP contribution in [0.1, 0.15) is 11.4 Å². The maximum atomic E-state index is 9.51. The lowest BCUT2D eigenvalue weighted by Gasteiger charge is -2.23. The van der Waals surface area contributed by atoms with Crippen LogP contribution in [-0.2, 0) is 13.1 Å². The van der Waals surface area contributed by atoms with Gasteiger partial charge in [-0.2, -0.15) is 0 Å². The lowest BCUT2D eigenvalue weighted by Crippen LogP contribution is -3.00. The highest BCUT2D eigenvalue weighted by molar-refractivity contribution is 5.61. The lowest BCUT2D eigenvalue weighted by molar-refractivity contribution is -0.884. The third kappa shape index (κ3) is 16.0. The largest absolute Gasteiger partial charge is 1.00 e. The van der Waals surface area contributed by atoms with Crippen LogP contribution in [-0.4, -0.2) is 96.5 Å². The number of carboxylic acid groups (broad SMARTS) is 1. The lowest BCUT2D eigenvalue weighted by atomic mass is 10.3. The summed E-state index contributed by atoms with van der Waals surface area (Å²) in [4.78, 5) is 18.7. The molecule has 2 aromatic heterocycles. The Morgan fingerprint density at radius 3 is 1.35 bits per heavy atom. The van der Waals surface area contributed by atoms with Crippen LogP contribution in [0.3, 0.4) is 0 Å². The maximum absolute atomic E-state index is 9.51. The molecule has 0 atom stereocenters. The fraction of sp³-hybridized carbons (Fsp3) is 0.476. The van der Waals surface area contributed by atoms with Crippen molar-refractivity contribution in [1.29, 1.82) is 0 Å². The molecule has 0 aliphatic rings. The molecule has 9 nitrogen and oxygen atoms in total. The van der Waals surface area contributed by atoms with E-state index in [-0.39, 0.29) is 28.5 Å². The normalized spacial score (nSPS) is 10.5. The molecular formula is C21H36BrN5O4. The van der Waals surface area contributed by atoms with Gasteiger partial charge in [0, 0.05) is 26.5 Å². The molecule has 2 rings (SSSR count). The van der Waals surface area contributed by atoms with Gasteiger partial charge in [0.2, 0.25) is 0 Å². The van der Waals surface area contributed by atoms with Crippen molar-refractivity contribution in [3.05, 3.63) is 48.0 Å². The van der Waals surface area contributed by atoms with E-state index in [0.717, 1.165) is 38.3 Å². The number of hydrogen-bond donors (Lipinski definition) is 2. The molecule has 0 unspecified atom stereocenters. The van der Waals surface area contributed by atoms with Crippen LogP contribution in [0, 0.1) is 0 Å². The van der Waals surface area contributed by atoms with Gasteiger partial charge in [0.15, 0.2) is 0 Å². The summed E-state index contributed by atoms with van der Waals surface area (Å²) >= 11 is 0. The van der Waals surface area contributed by atoms with Crippen molar-refractivity contribution >= 4 is 6.09 Å². The standard InChI is InChI=1S/2C9H14N2O.C3H7NO2.BrH/c2*1-11(2,3)7-8-9(12)5-4-6-10-8;1-4(2)3(5)6;/h2*4-6H,7H2,1-3H3;1-2H3,(H,5,6);1H. The third-order valence-corrected chi connectivity index (χ3v) is 3.35. The van der Waals surface area contributed by atoms with Crippen LogP contribution in [0.4, 0.5) is 4.79 Å². The van der Waals surface area contributed by atoms with Crippen LogP contribution < -0.4 is 22.1 Å². The smallest absolute Gasteiger partial charge is 0.142 e. The number of pyridine rings is 2. The van der Waals surface area contributed by atoms with E-state index in [0.29, 0.717) is 0 Å². The van der Waals surface area contributed by atoms with E-state index in [4.69, 9.17) is 0 Å². The third-order valence-electron chi connectivity index (χ3n) is 3.35. The van der Waals surface area contributed by atoms with Gasteiger partial charge in [-0.1, -0.05) is 0 Å². The Morgan fingerprint density at radius 2 is 1.16 bits per heavy atom. The van der Waals surface area contributed by atoms with E-state index in [1.807, 2.05) is 0 Å². The minimum atomic E-state index is -1.16. The highest BCUT2D eigenvalue weighted by atomic mass is 79.9. The number of aromatic nitrogens is 2. The van der Waals surface area contributed by atoms with E-state index in [1.165, 1.54) is 14.1 Å². The number of halogens is 1. The van der Waals surface area contributed by atoms with Crippen molar-refractivity contribution in [3.63, 3.8) is 0 Å². The van der Waals surface area contributed by atoms with Crippen molar-refractivity contribution in [1.82, 2.24) is 14.9 Å². The number of aromatic hydroxyl groups is 2. The van der Waals surface area contributed by atoms with Gasteiger partial charge in [-0.05, 0) is 24.3 Å². The molecule has 0 radical (unpaired) electrons. The molecule has 2 N–H and O–H groups in total. The molecule has 0 aliphatic heterocycles. The molecule has 0 aromatic carbocycles. The number of carbonyl (C=O) groups excluding carboxylic acids is 1. The number of quaternary nitrogens is 2. The molecule has 10 heteroatoms. The SMILES string of the molecule is CN(C)C(=O)[O-].C[N+](C)(C)Cc1ncccc1O.C[N+](C)(C)Cc1ncccc1O.[Br-]. The average molecular weight is 502 g/mol. The number of hydrogen-bond acceptors (Lipinski definition) is 6. The van der Waals surface area contributed by atoms with Crippen molar-refractivity contribution in [2.75, 3.05) is 56.4 Å². The molecule has 1 amide bonds. The van der Waals surface area contributed by atoms with Crippen LogP contribution in [0.15, 0.2) is 36.7 Å². The van der Waals surface area contributed by atoms with Gasteiger partial charge >= 0.3 is 0 Å². The molecule has 0 spiro atoms. The molecule has 0 aliphatic carbocycles. The molecule has 0 bridgehead atoms. The molecule has 0 fully saturated rings. The zero-order valence-electron chi connectivity index (χ0n) is 19.7. The predicted octanol–water partition coefficient (Wildman–Crippen LogP) is -2.12. The molecule has 0 saturated heterocycles. The minimum Gasteiger partial charge on any atom is -1.00 e. The molecule has 0 saturated carbocycles. The second-order valence-electron chi connectivity index (χ2n) is 9.00. The second kappa shape index (κ2) is 13.8. The van der Waals surface area contributed by atoms with Gasteiger partial charge < -0.3 is 51.0 Å². The minimum absolute atomic E-state index is 0. The zero-order chi connectivity index (χ0) is 23.5. The predicted molar refractivity (Wildman–Crippen MR) is 114 cm³/mol. The van der Waals surface area contributed by atoms with E-state index in [9.17, 15) is 20.1 Å². The van der Waals surface area contributed by atoms with Gasteiger partial charge in [0.05, 0.1) is 42.3 Å². The number of amides is 1. The van der Waals surface area contributed by atoms with Gasteiger partial charge in [0.25, 0.3) is 0 Å². The number of rotatable bonds is 4. The van der Waals surface area contributed by atoms with Crippen molar-refractivity contribution < 1.29 is 46.1 Å². The topological polar surface area (TPSA) is 110 Å². The van der Waals surface area contributed by atoms with Crippen LogP contribution in [0.2, 0.25) is 0 Å². The second-order valence-corrected chi connectivity index (χ2v) is 9.00. The van der Waals surface area contributed by atoms with E-state index >= 15 is 0 Å². The summed E-state index contributed by atoms with van der Waals surface area (Å²) in [6.45, 7) is 1.49. The van der Waals surface area contributed by atoms with Crippen LogP contribution >= 0.6 is 0 Å². The first-order chi connectivity index (χ1) is 13.6. The Labute approximate surface area is 196 Å². The first kappa shape index (κ1) is 30.8. The van der Waals surface area contributed by atoms with Crippen molar-refractivity contribution in [3.8, 4) is 11.5 Å². The average Bonchev–Trinajstić information content (AvgIpc) is 2.58. The van der Waals surface area contributed by atoms with Gasteiger partial charge in [-0.3, -0.25) is 9.97 Å². The van der Waals surface area contributed by atoms with Gasteiger partial charge in [0.1, 0.15) is 42.1 Å². The van der Waals surface area contributed by atoms with Crippen molar-refractivity contribution in [2.45, 2.75) is 13.1 Å². The Balaban J connectivity index is 0. The molecular weight excluding hydrogens is 466 g/mol. The van der Waals surface area contributed by atoms with Crippen LogP contribution in [0.5, 0.6) is 11.5 Å². The summed E-state index contributed by atoms with van der Waals surface area (Å²) in [6.07, 6.45) is 2.24. The monoisotopic (exact) mass is 501 g/mol. The highest BCUT2D eigenvalue weighted by Crippen LogP contribution is 2.16. The Morgan fingerprint density at radius 1 is 0.871 bits per heavy atom. The van der Waals surface area contributed by atoms with Gasteiger partial charge in [-0.15, -0.1) is 0 Å². The summed E-state index contributed by atoms with van der Waals surface area (Å²) < 4.78 is 1.54. The quantitative estimate of drug-likeness (QED) is 0.463.